The summed E-state index contributed by atoms with van der Waals surface area (Å²) in [6.45, 7) is 18.3. The first kappa shape index (κ1) is 15.0. The molecule has 0 bridgehead atoms. The zero-order valence-corrected chi connectivity index (χ0v) is 13.5. The van der Waals surface area contributed by atoms with Gasteiger partial charge in [-0.05, 0) is 0 Å². The average Bonchev–Trinajstić information content (AvgIpc) is 1.99. The molecular formula is C13H24OSn. The van der Waals surface area contributed by atoms with Gasteiger partial charge < -0.3 is 0 Å². The molecule has 0 saturated carbocycles. The third-order valence-electron chi connectivity index (χ3n) is 2.30. The van der Waals surface area contributed by atoms with Gasteiger partial charge in [0.2, 0.25) is 0 Å². The quantitative estimate of drug-likeness (QED) is 0.502. The van der Waals surface area contributed by atoms with Crippen molar-refractivity contribution in [2.24, 2.45) is 0 Å². The van der Waals surface area contributed by atoms with E-state index in [2.05, 4.69) is 40.5 Å². The van der Waals surface area contributed by atoms with E-state index in [-0.39, 0.29) is 0 Å². The molecule has 0 heterocycles. The maximum absolute atomic E-state index is 5.90. The molecule has 0 spiro atoms. The fourth-order valence-electron chi connectivity index (χ4n) is 2.05. The van der Waals surface area contributed by atoms with E-state index in [1.807, 2.05) is 7.11 Å². The Balaban J connectivity index is 4.81. The van der Waals surface area contributed by atoms with Crippen LogP contribution >= 0.6 is 0 Å². The van der Waals surface area contributed by atoms with Gasteiger partial charge in [0.1, 0.15) is 0 Å². The van der Waals surface area contributed by atoms with Gasteiger partial charge in [-0.25, -0.2) is 0 Å². The number of hydrogen-bond acceptors (Lipinski definition) is 1. The second-order valence-corrected chi connectivity index (χ2v) is 15.7. The Morgan fingerprint density at radius 2 is 1.13 bits per heavy atom. The van der Waals surface area contributed by atoms with Gasteiger partial charge in [0.25, 0.3) is 0 Å². The van der Waals surface area contributed by atoms with Crippen LogP contribution in [0.1, 0.15) is 20.8 Å². The Bertz CT molecular complexity index is 225. The van der Waals surface area contributed by atoms with Crippen LogP contribution in [0.15, 0.2) is 36.5 Å². The molecule has 0 amide bonds. The summed E-state index contributed by atoms with van der Waals surface area (Å²) in [4.78, 5) is 0. The van der Waals surface area contributed by atoms with E-state index < -0.39 is 18.8 Å². The minimum atomic E-state index is -2.56. The molecule has 0 aliphatic heterocycles. The monoisotopic (exact) mass is 316 g/mol. The van der Waals surface area contributed by atoms with Gasteiger partial charge in [0.05, 0.1) is 0 Å². The second-order valence-electron chi connectivity index (χ2n) is 4.79. The van der Waals surface area contributed by atoms with Crippen LogP contribution in [0.3, 0.4) is 0 Å². The average molecular weight is 315 g/mol. The normalized spacial score (nSPS) is 11.2. The SMILES string of the molecule is C=C(C)[CH2][Sn]([CH2]C(=C)C)([CH2]C(=C)C)[O]C. The van der Waals surface area contributed by atoms with E-state index in [1.165, 1.54) is 16.7 Å². The van der Waals surface area contributed by atoms with Crippen LogP contribution in [-0.2, 0) is 3.07 Å². The summed E-state index contributed by atoms with van der Waals surface area (Å²) >= 11 is -2.56. The zero-order valence-electron chi connectivity index (χ0n) is 10.7. The summed E-state index contributed by atoms with van der Waals surface area (Å²) in [5.74, 6) is 0. The molecule has 15 heavy (non-hydrogen) atoms. The topological polar surface area (TPSA) is 9.23 Å². The number of allylic oxidation sites excluding steroid dienone is 3. The fourth-order valence-corrected chi connectivity index (χ4v) is 13.8. The molecule has 0 saturated heterocycles. The molecule has 0 rings (SSSR count). The molecule has 0 unspecified atom stereocenters. The van der Waals surface area contributed by atoms with Crippen LogP contribution in [0.5, 0.6) is 0 Å². The van der Waals surface area contributed by atoms with Gasteiger partial charge in [-0.15, -0.1) is 0 Å². The molecule has 0 N–H and O–H groups in total. The van der Waals surface area contributed by atoms with Gasteiger partial charge in [0, 0.05) is 0 Å². The molecule has 0 atom stereocenters. The molecule has 0 aliphatic rings. The molecule has 1 nitrogen and oxygen atoms in total. The summed E-state index contributed by atoms with van der Waals surface area (Å²) in [5.41, 5.74) is 3.69. The predicted octanol–water partition coefficient (Wildman–Crippen LogP) is 4.31. The van der Waals surface area contributed by atoms with Crippen molar-refractivity contribution in [3.63, 3.8) is 0 Å². The Hall–Kier alpha value is -0.0213. The summed E-state index contributed by atoms with van der Waals surface area (Å²) in [5, 5.41) is 0. The molecule has 0 fully saturated rings. The molecule has 0 radical (unpaired) electrons. The van der Waals surface area contributed by atoms with E-state index in [4.69, 9.17) is 3.07 Å². The van der Waals surface area contributed by atoms with Gasteiger partial charge in [-0.2, -0.15) is 0 Å². The zero-order chi connectivity index (χ0) is 12.1. The van der Waals surface area contributed by atoms with Crippen molar-refractivity contribution in [1.29, 1.82) is 0 Å². The van der Waals surface area contributed by atoms with Crippen molar-refractivity contribution in [3.05, 3.63) is 36.5 Å². The first-order chi connectivity index (χ1) is 6.81. The fraction of sp³-hybridized carbons (Fsp3) is 0.538. The summed E-state index contributed by atoms with van der Waals surface area (Å²) in [7, 11) is 1.85. The Labute approximate surface area is 99.3 Å². The summed E-state index contributed by atoms with van der Waals surface area (Å²) in [6.07, 6.45) is 0. The molecule has 0 aliphatic carbocycles. The van der Waals surface area contributed by atoms with E-state index in [0.717, 1.165) is 13.3 Å². The van der Waals surface area contributed by atoms with Crippen LogP contribution < -0.4 is 0 Å². The standard InChI is InChI=1S/3C4H7.CH3O.Sn/c3*1-4(2)3;1-2;/h3*1-2H2,3H3;1H3;/q;;;-1;+1. The van der Waals surface area contributed by atoms with E-state index >= 15 is 0 Å². The van der Waals surface area contributed by atoms with Crippen LogP contribution in [0.4, 0.5) is 0 Å². The van der Waals surface area contributed by atoms with Crippen molar-refractivity contribution < 1.29 is 3.07 Å². The van der Waals surface area contributed by atoms with E-state index in [0.29, 0.717) is 0 Å². The summed E-state index contributed by atoms with van der Waals surface area (Å²) < 4.78 is 9.12. The third-order valence-corrected chi connectivity index (χ3v) is 15.5. The van der Waals surface area contributed by atoms with Crippen molar-refractivity contribution >= 4 is 18.8 Å². The van der Waals surface area contributed by atoms with Crippen molar-refractivity contribution in [1.82, 2.24) is 0 Å². The van der Waals surface area contributed by atoms with Crippen LogP contribution in [-0.4, -0.2) is 25.9 Å². The van der Waals surface area contributed by atoms with Crippen LogP contribution in [0.25, 0.3) is 0 Å². The van der Waals surface area contributed by atoms with E-state index in [1.54, 1.807) is 0 Å². The molecule has 86 valence electrons. The summed E-state index contributed by atoms with van der Waals surface area (Å²) in [6, 6.07) is 0. The second kappa shape index (κ2) is 6.54. The van der Waals surface area contributed by atoms with Crippen LogP contribution in [0.2, 0.25) is 13.3 Å². The molecule has 0 aromatic heterocycles. The minimum absolute atomic E-state index is 1.07. The van der Waals surface area contributed by atoms with Crippen molar-refractivity contribution in [3.8, 4) is 0 Å². The van der Waals surface area contributed by atoms with Gasteiger partial charge >= 0.3 is 99.5 Å². The number of hydrogen-bond donors (Lipinski definition) is 0. The molecular weight excluding hydrogens is 291 g/mol. The Kier molecular flexibility index (Phi) is 6.53. The molecule has 2 heteroatoms. The van der Waals surface area contributed by atoms with E-state index in [9.17, 15) is 0 Å². The van der Waals surface area contributed by atoms with Crippen molar-refractivity contribution in [2.75, 3.05) is 7.11 Å². The van der Waals surface area contributed by atoms with Gasteiger partial charge in [-0.3, -0.25) is 0 Å². The Morgan fingerprint density at radius 1 is 0.867 bits per heavy atom. The predicted molar refractivity (Wildman–Crippen MR) is 71.6 cm³/mol. The molecule has 0 aromatic rings. The first-order valence-corrected chi connectivity index (χ1v) is 12.5. The maximum atomic E-state index is 5.90. The third kappa shape index (κ3) is 6.21. The number of rotatable bonds is 7. The Morgan fingerprint density at radius 3 is 1.27 bits per heavy atom. The van der Waals surface area contributed by atoms with Crippen LogP contribution in [0, 0.1) is 0 Å². The van der Waals surface area contributed by atoms with Crippen molar-refractivity contribution in [2.45, 2.75) is 34.1 Å². The molecule has 0 aromatic carbocycles. The van der Waals surface area contributed by atoms with Gasteiger partial charge in [0.15, 0.2) is 0 Å². The first-order valence-electron chi connectivity index (χ1n) is 5.29. The van der Waals surface area contributed by atoms with Gasteiger partial charge in [-0.1, -0.05) is 0 Å².